The molecule has 0 radical (unpaired) electrons. The van der Waals surface area contributed by atoms with Crippen molar-refractivity contribution >= 4 is 0 Å². The van der Waals surface area contributed by atoms with Crippen molar-refractivity contribution in [1.82, 2.24) is 9.13 Å². The molecule has 2 aromatic rings. The second-order valence-corrected chi connectivity index (χ2v) is 6.15. The van der Waals surface area contributed by atoms with Crippen LogP contribution in [0.1, 0.15) is 37.7 Å². The summed E-state index contributed by atoms with van der Waals surface area (Å²) in [4.78, 5) is 12.0. The van der Waals surface area contributed by atoms with Crippen LogP contribution in [0.15, 0.2) is 41.5 Å². The quantitative estimate of drug-likeness (QED) is 0.941. The van der Waals surface area contributed by atoms with Crippen molar-refractivity contribution in [1.29, 1.82) is 0 Å². The molecule has 1 aliphatic rings. The summed E-state index contributed by atoms with van der Waals surface area (Å²) in [5.41, 5.74) is 8.43. The van der Waals surface area contributed by atoms with Gasteiger partial charge in [-0.05, 0) is 30.5 Å². The molecular formula is C17H23N3O. The molecular weight excluding hydrogens is 262 g/mol. The number of nitrogens with zero attached hydrogens (tertiary/aromatic N) is 2. The third kappa shape index (κ3) is 2.44. The molecule has 0 saturated heterocycles. The molecule has 1 heterocycles. The van der Waals surface area contributed by atoms with Gasteiger partial charge in [-0.3, -0.25) is 4.57 Å². The Morgan fingerprint density at radius 1 is 1.10 bits per heavy atom. The summed E-state index contributed by atoms with van der Waals surface area (Å²) in [7, 11) is 1.76. The van der Waals surface area contributed by atoms with Crippen LogP contribution in [0.3, 0.4) is 0 Å². The number of imidazole rings is 1. The van der Waals surface area contributed by atoms with Crippen LogP contribution in [-0.2, 0) is 12.5 Å². The van der Waals surface area contributed by atoms with E-state index in [-0.39, 0.29) is 11.1 Å². The van der Waals surface area contributed by atoms with Gasteiger partial charge in [-0.15, -0.1) is 0 Å². The van der Waals surface area contributed by atoms with E-state index in [0.29, 0.717) is 6.54 Å². The highest BCUT2D eigenvalue weighted by atomic mass is 16.1. The van der Waals surface area contributed by atoms with E-state index in [1.165, 1.54) is 37.7 Å². The minimum Gasteiger partial charge on any atom is -0.330 e. The molecule has 4 nitrogen and oxygen atoms in total. The van der Waals surface area contributed by atoms with E-state index in [2.05, 4.69) is 12.1 Å². The van der Waals surface area contributed by atoms with Gasteiger partial charge in [0.05, 0.1) is 5.69 Å². The molecule has 1 aliphatic carbocycles. The molecule has 1 aromatic carbocycles. The maximum Gasteiger partial charge on any atom is 0.332 e. The first-order chi connectivity index (χ1) is 10.2. The molecule has 1 saturated carbocycles. The van der Waals surface area contributed by atoms with Crippen molar-refractivity contribution in [2.75, 3.05) is 6.54 Å². The fraction of sp³-hybridized carbons (Fsp3) is 0.471. The maximum absolute atomic E-state index is 12.0. The molecule has 0 spiro atoms. The first-order valence-corrected chi connectivity index (χ1v) is 7.71. The third-order valence-electron chi connectivity index (χ3n) is 4.91. The molecule has 1 fully saturated rings. The molecule has 0 atom stereocenters. The van der Waals surface area contributed by atoms with Crippen LogP contribution in [0.4, 0.5) is 0 Å². The van der Waals surface area contributed by atoms with Crippen LogP contribution in [0.2, 0.25) is 0 Å². The van der Waals surface area contributed by atoms with Gasteiger partial charge in [-0.25, -0.2) is 4.79 Å². The normalized spacial score (nSPS) is 17.8. The molecule has 21 heavy (non-hydrogen) atoms. The van der Waals surface area contributed by atoms with Crippen molar-refractivity contribution in [3.63, 3.8) is 0 Å². The summed E-state index contributed by atoms with van der Waals surface area (Å²) in [6, 6.07) is 8.35. The first kappa shape index (κ1) is 14.1. The van der Waals surface area contributed by atoms with Gasteiger partial charge in [-0.2, -0.15) is 0 Å². The lowest BCUT2D eigenvalue weighted by Crippen LogP contribution is -2.37. The molecule has 4 heteroatoms. The van der Waals surface area contributed by atoms with Crippen LogP contribution in [0, 0.1) is 0 Å². The Kier molecular flexibility index (Phi) is 3.72. The zero-order valence-electron chi connectivity index (χ0n) is 12.6. The van der Waals surface area contributed by atoms with Gasteiger partial charge in [0.25, 0.3) is 0 Å². The van der Waals surface area contributed by atoms with Crippen molar-refractivity contribution < 1.29 is 0 Å². The molecule has 1 aromatic heterocycles. The van der Waals surface area contributed by atoms with E-state index in [0.717, 1.165) is 5.69 Å². The second-order valence-electron chi connectivity index (χ2n) is 6.15. The fourth-order valence-corrected chi connectivity index (χ4v) is 3.48. The minimum absolute atomic E-state index is 0.0195. The number of rotatable bonds is 3. The zero-order valence-corrected chi connectivity index (χ0v) is 12.6. The Bertz CT molecular complexity index is 660. The van der Waals surface area contributed by atoms with E-state index in [1.54, 1.807) is 28.6 Å². The summed E-state index contributed by atoms with van der Waals surface area (Å²) in [6.45, 7) is 0.706. The SMILES string of the molecule is Cn1ccn(-c2ccc(C3(CN)CCCCC3)cc2)c1=O. The Morgan fingerprint density at radius 2 is 1.76 bits per heavy atom. The molecule has 0 unspecified atom stereocenters. The van der Waals surface area contributed by atoms with Gasteiger partial charge in [-0.1, -0.05) is 31.4 Å². The molecule has 3 rings (SSSR count). The Hall–Kier alpha value is -1.81. The van der Waals surface area contributed by atoms with E-state index in [4.69, 9.17) is 5.73 Å². The van der Waals surface area contributed by atoms with Gasteiger partial charge in [0.2, 0.25) is 0 Å². The van der Waals surface area contributed by atoms with Crippen LogP contribution >= 0.6 is 0 Å². The predicted molar refractivity (Wildman–Crippen MR) is 84.8 cm³/mol. The second kappa shape index (κ2) is 5.53. The Balaban J connectivity index is 1.93. The average molecular weight is 285 g/mol. The monoisotopic (exact) mass is 285 g/mol. The van der Waals surface area contributed by atoms with Gasteiger partial charge in [0.15, 0.2) is 0 Å². The number of hydrogen-bond acceptors (Lipinski definition) is 2. The van der Waals surface area contributed by atoms with Gasteiger partial charge >= 0.3 is 5.69 Å². The molecule has 2 N–H and O–H groups in total. The summed E-state index contributed by atoms with van der Waals surface area (Å²) in [6.07, 6.45) is 9.77. The number of benzene rings is 1. The summed E-state index contributed by atoms with van der Waals surface area (Å²) in [5.74, 6) is 0. The van der Waals surface area contributed by atoms with E-state index >= 15 is 0 Å². The Labute approximate surface area is 125 Å². The highest BCUT2D eigenvalue weighted by molar-refractivity contribution is 5.38. The summed E-state index contributed by atoms with van der Waals surface area (Å²) in [5, 5.41) is 0. The Morgan fingerprint density at radius 3 is 2.29 bits per heavy atom. The fourth-order valence-electron chi connectivity index (χ4n) is 3.48. The predicted octanol–water partition coefficient (Wildman–Crippen LogP) is 2.34. The van der Waals surface area contributed by atoms with Crippen LogP contribution in [0.5, 0.6) is 0 Å². The maximum atomic E-state index is 12.0. The lowest BCUT2D eigenvalue weighted by atomic mass is 9.69. The van der Waals surface area contributed by atoms with Crippen LogP contribution < -0.4 is 11.4 Å². The van der Waals surface area contributed by atoms with E-state index in [1.807, 2.05) is 12.1 Å². The van der Waals surface area contributed by atoms with Crippen molar-refractivity contribution in [2.45, 2.75) is 37.5 Å². The van der Waals surface area contributed by atoms with Crippen molar-refractivity contribution in [2.24, 2.45) is 12.8 Å². The van der Waals surface area contributed by atoms with E-state index < -0.39 is 0 Å². The number of aryl methyl sites for hydroxylation is 1. The minimum atomic E-state index is -0.0195. The molecule has 112 valence electrons. The standard InChI is InChI=1S/C17H23N3O/c1-19-11-12-20(16(19)21)15-7-5-14(6-8-15)17(13-18)9-3-2-4-10-17/h5-8,11-12H,2-4,9-10,13,18H2,1H3. The lowest BCUT2D eigenvalue weighted by Gasteiger charge is -2.37. The summed E-state index contributed by atoms with van der Waals surface area (Å²) < 4.78 is 3.25. The number of nitrogens with two attached hydrogens (primary N) is 1. The van der Waals surface area contributed by atoms with Gasteiger partial charge in [0.1, 0.15) is 0 Å². The van der Waals surface area contributed by atoms with Gasteiger partial charge in [0, 0.05) is 31.4 Å². The largest absolute Gasteiger partial charge is 0.332 e. The van der Waals surface area contributed by atoms with Crippen LogP contribution in [-0.4, -0.2) is 15.7 Å². The third-order valence-corrected chi connectivity index (χ3v) is 4.91. The van der Waals surface area contributed by atoms with Crippen molar-refractivity contribution in [3.05, 3.63) is 52.7 Å². The van der Waals surface area contributed by atoms with Crippen LogP contribution in [0.25, 0.3) is 5.69 Å². The molecule has 0 aliphatic heterocycles. The van der Waals surface area contributed by atoms with Crippen molar-refractivity contribution in [3.8, 4) is 5.69 Å². The highest BCUT2D eigenvalue weighted by Crippen LogP contribution is 2.38. The zero-order chi connectivity index (χ0) is 14.9. The highest BCUT2D eigenvalue weighted by Gasteiger charge is 2.32. The number of aromatic nitrogens is 2. The van der Waals surface area contributed by atoms with Gasteiger partial charge < -0.3 is 10.3 Å². The summed E-state index contributed by atoms with van der Waals surface area (Å²) >= 11 is 0. The number of hydrogen-bond donors (Lipinski definition) is 1. The molecule has 0 amide bonds. The first-order valence-electron chi connectivity index (χ1n) is 7.71. The van der Waals surface area contributed by atoms with E-state index in [9.17, 15) is 4.79 Å². The lowest BCUT2D eigenvalue weighted by molar-refractivity contribution is 0.301. The average Bonchev–Trinajstić information content (AvgIpc) is 2.88. The molecule has 0 bridgehead atoms. The topological polar surface area (TPSA) is 52.9 Å². The smallest absolute Gasteiger partial charge is 0.330 e.